The molecule has 2 aromatic carbocycles. The van der Waals surface area contributed by atoms with Crippen LogP contribution < -0.4 is 10.1 Å². The summed E-state index contributed by atoms with van der Waals surface area (Å²) in [7, 11) is 0. The predicted molar refractivity (Wildman–Crippen MR) is 107 cm³/mol. The SMILES string of the molecule is Cc1cccc(NC(=O)c2csc(-c3ccc(OCC(C)C)cc3)n2)c1. The molecule has 0 atom stereocenters. The van der Waals surface area contributed by atoms with Crippen LogP contribution in [0.15, 0.2) is 53.9 Å². The van der Waals surface area contributed by atoms with Gasteiger partial charge in [-0.2, -0.15) is 0 Å². The zero-order chi connectivity index (χ0) is 18.5. The van der Waals surface area contributed by atoms with Crippen molar-refractivity contribution in [2.75, 3.05) is 11.9 Å². The highest BCUT2D eigenvalue weighted by atomic mass is 32.1. The second kappa shape index (κ2) is 8.15. The van der Waals surface area contributed by atoms with Gasteiger partial charge in [0, 0.05) is 16.6 Å². The van der Waals surface area contributed by atoms with Crippen LogP contribution in [0, 0.1) is 12.8 Å². The lowest BCUT2D eigenvalue weighted by Crippen LogP contribution is -2.12. The van der Waals surface area contributed by atoms with Crippen molar-refractivity contribution in [3.8, 4) is 16.3 Å². The van der Waals surface area contributed by atoms with Gasteiger partial charge in [-0.15, -0.1) is 11.3 Å². The minimum absolute atomic E-state index is 0.199. The van der Waals surface area contributed by atoms with Gasteiger partial charge in [0.05, 0.1) is 6.61 Å². The Bertz CT molecular complexity index is 885. The highest BCUT2D eigenvalue weighted by Gasteiger charge is 2.12. The number of anilines is 1. The number of ether oxygens (including phenoxy) is 1. The van der Waals surface area contributed by atoms with Crippen molar-refractivity contribution in [1.29, 1.82) is 0 Å². The molecule has 0 aliphatic rings. The first kappa shape index (κ1) is 18.1. The Morgan fingerprint density at radius 2 is 1.96 bits per heavy atom. The zero-order valence-corrected chi connectivity index (χ0v) is 16.0. The first-order valence-electron chi connectivity index (χ1n) is 8.58. The van der Waals surface area contributed by atoms with Crippen molar-refractivity contribution >= 4 is 22.9 Å². The number of aromatic nitrogens is 1. The van der Waals surface area contributed by atoms with Crippen LogP contribution in [0.5, 0.6) is 5.75 Å². The summed E-state index contributed by atoms with van der Waals surface area (Å²) >= 11 is 1.46. The van der Waals surface area contributed by atoms with E-state index >= 15 is 0 Å². The fraction of sp³-hybridized carbons (Fsp3) is 0.238. The van der Waals surface area contributed by atoms with Crippen molar-refractivity contribution in [2.45, 2.75) is 20.8 Å². The van der Waals surface area contributed by atoms with Crippen molar-refractivity contribution in [3.63, 3.8) is 0 Å². The molecular formula is C21H22N2O2S. The quantitative estimate of drug-likeness (QED) is 0.635. The molecule has 1 amide bonds. The summed E-state index contributed by atoms with van der Waals surface area (Å²) in [6.07, 6.45) is 0. The molecule has 0 spiro atoms. The zero-order valence-electron chi connectivity index (χ0n) is 15.2. The summed E-state index contributed by atoms with van der Waals surface area (Å²) in [4.78, 5) is 16.9. The molecule has 0 radical (unpaired) electrons. The van der Waals surface area contributed by atoms with E-state index in [0.717, 1.165) is 27.6 Å². The summed E-state index contributed by atoms with van der Waals surface area (Å²) in [5.74, 6) is 1.13. The van der Waals surface area contributed by atoms with E-state index in [9.17, 15) is 4.79 Å². The van der Waals surface area contributed by atoms with Crippen LogP contribution in [0.1, 0.15) is 29.9 Å². The lowest BCUT2D eigenvalue weighted by atomic mass is 10.2. The van der Waals surface area contributed by atoms with Gasteiger partial charge in [-0.25, -0.2) is 4.98 Å². The van der Waals surface area contributed by atoms with Gasteiger partial charge >= 0.3 is 0 Å². The number of benzene rings is 2. The molecule has 1 N–H and O–H groups in total. The van der Waals surface area contributed by atoms with Gasteiger partial charge in [-0.05, 0) is 54.8 Å². The lowest BCUT2D eigenvalue weighted by molar-refractivity contribution is 0.102. The molecule has 5 heteroatoms. The van der Waals surface area contributed by atoms with E-state index in [2.05, 4.69) is 24.1 Å². The number of carbonyl (C=O) groups excluding carboxylic acids is 1. The van der Waals surface area contributed by atoms with E-state index in [-0.39, 0.29) is 5.91 Å². The monoisotopic (exact) mass is 366 g/mol. The molecule has 134 valence electrons. The van der Waals surface area contributed by atoms with E-state index in [1.54, 1.807) is 5.38 Å². The standard InChI is InChI=1S/C21H22N2O2S/c1-14(2)12-25-18-9-7-16(8-10-18)21-23-19(13-26-21)20(24)22-17-6-4-5-15(3)11-17/h4-11,13-14H,12H2,1-3H3,(H,22,24). The van der Waals surface area contributed by atoms with E-state index in [1.807, 2.05) is 55.5 Å². The van der Waals surface area contributed by atoms with Crippen molar-refractivity contribution in [3.05, 3.63) is 65.2 Å². The topological polar surface area (TPSA) is 51.2 Å². The molecule has 0 aliphatic carbocycles. The highest BCUT2D eigenvalue weighted by molar-refractivity contribution is 7.13. The van der Waals surface area contributed by atoms with E-state index in [0.29, 0.717) is 18.2 Å². The smallest absolute Gasteiger partial charge is 0.275 e. The van der Waals surface area contributed by atoms with Gasteiger partial charge in [0.25, 0.3) is 5.91 Å². The molecule has 3 aromatic rings. The van der Waals surface area contributed by atoms with Gasteiger partial charge in [-0.1, -0.05) is 26.0 Å². The van der Waals surface area contributed by atoms with Gasteiger partial charge in [0.15, 0.2) is 0 Å². The normalized spacial score (nSPS) is 10.8. The Labute approximate surface area is 157 Å². The third kappa shape index (κ3) is 4.70. The molecule has 0 fully saturated rings. The summed E-state index contributed by atoms with van der Waals surface area (Å²) in [5, 5.41) is 5.48. The number of hydrogen-bond acceptors (Lipinski definition) is 4. The van der Waals surface area contributed by atoms with Crippen LogP contribution in [-0.2, 0) is 0 Å². The number of nitrogens with one attached hydrogen (secondary N) is 1. The van der Waals surface area contributed by atoms with E-state index < -0.39 is 0 Å². The average Bonchev–Trinajstić information content (AvgIpc) is 3.11. The Hall–Kier alpha value is -2.66. The second-order valence-electron chi connectivity index (χ2n) is 6.59. The summed E-state index contributed by atoms with van der Waals surface area (Å²) < 4.78 is 5.70. The fourth-order valence-corrected chi connectivity index (χ4v) is 3.19. The number of hydrogen-bond donors (Lipinski definition) is 1. The van der Waals surface area contributed by atoms with Gasteiger partial charge < -0.3 is 10.1 Å². The number of nitrogens with zero attached hydrogens (tertiary/aromatic N) is 1. The van der Waals surface area contributed by atoms with Gasteiger partial charge in [-0.3, -0.25) is 4.79 Å². The number of amides is 1. The third-order valence-corrected chi connectivity index (χ3v) is 4.59. The molecule has 0 unspecified atom stereocenters. The van der Waals surface area contributed by atoms with Crippen LogP contribution in [0.4, 0.5) is 5.69 Å². The maximum atomic E-state index is 12.4. The maximum absolute atomic E-state index is 12.4. The Kier molecular flexibility index (Phi) is 5.68. The lowest BCUT2D eigenvalue weighted by Gasteiger charge is -2.08. The molecule has 0 aliphatic heterocycles. The van der Waals surface area contributed by atoms with Crippen molar-refractivity contribution in [1.82, 2.24) is 4.98 Å². The summed E-state index contributed by atoms with van der Waals surface area (Å²) in [6, 6.07) is 15.5. The Balaban J connectivity index is 1.68. The number of rotatable bonds is 6. The first-order chi connectivity index (χ1) is 12.5. The first-order valence-corrected chi connectivity index (χ1v) is 9.46. The molecule has 1 heterocycles. The molecule has 3 rings (SSSR count). The largest absolute Gasteiger partial charge is 0.493 e. The molecule has 0 saturated heterocycles. The van der Waals surface area contributed by atoms with Crippen LogP contribution >= 0.6 is 11.3 Å². The molecule has 26 heavy (non-hydrogen) atoms. The predicted octanol–water partition coefficient (Wildman–Crippen LogP) is 5.41. The Morgan fingerprint density at radius 1 is 1.19 bits per heavy atom. The molecular weight excluding hydrogens is 344 g/mol. The van der Waals surface area contributed by atoms with Crippen LogP contribution in [0.2, 0.25) is 0 Å². The van der Waals surface area contributed by atoms with E-state index in [1.165, 1.54) is 11.3 Å². The van der Waals surface area contributed by atoms with Crippen LogP contribution in [0.3, 0.4) is 0 Å². The third-order valence-electron chi connectivity index (χ3n) is 3.70. The number of thiazole rings is 1. The van der Waals surface area contributed by atoms with Crippen molar-refractivity contribution in [2.24, 2.45) is 5.92 Å². The van der Waals surface area contributed by atoms with Gasteiger partial charge in [0.1, 0.15) is 16.5 Å². The molecule has 1 aromatic heterocycles. The fourth-order valence-electron chi connectivity index (χ4n) is 2.39. The maximum Gasteiger partial charge on any atom is 0.275 e. The van der Waals surface area contributed by atoms with Crippen LogP contribution in [-0.4, -0.2) is 17.5 Å². The van der Waals surface area contributed by atoms with Crippen LogP contribution in [0.25, 0.3) is 10.6 Å². The minimum atomic E-state index is -0.199. The molecule has 4 nitrogen and oxygen atoms in total. The highest BCUT2D eigenvalue weighted by Crippen LogP contribution is 2.26. The summed E-state index contributed by atoms with van der Waals surface area (Å²) in [6.45, 7) is 6.92. The van der Waals surface area contributed by atoms with E-state index in [4.69, 9.17) is 4.74 Å². The second-order valence-corrected chi connectivity index (χ2v) is 7.45. The van der Waals surface area contributed by atoms with Crippen molar-refractivity contribution < 1.29 is 9.53 Å². The average molecular weight is 366 g/mol. The number of aryl methyl sites for hydroxylation is 1. The van der Waals surface area contributed by atoms with Gasteiger partial charge in [0.2, 0.25) is 0 Å². The number of carbonyl (C=O) groups is 1. The summed E-state index contributed by atoms with van der Waals surface area (Å²) in [5.41, 5.74) is 3.27. The minimum Gasteiger partial charge on any atom is -0.493 e. The molecule has 0 bridgehead atoms. The molecule has 0 saturated carbocycles. The Morgan fingerprint density at radius 3 is 2.65 bits per heavy atom.